The van der Waals surface area contributed by atoms with Crippen LogP contribution in [0.2, 0.25) is 0 Å². The molecule has 0 bridgehead atoms. The van der Waals surface area contributed by atoms with Crippen LogP contribution in [0.25, 0.3) is 0 Å². The third-order valence-corrected chi connectivity index (χ3v) is 8.38. The summed E-state index contributed by atoms with van der Waals surface area (Å²) in [4.78, 5) is 31.1. The summed E-state index contributed by atoms with van der Waals surface area (Å²) >= 11 is 1.28. The summed E-state index contributed by atoms with van der Waals surface area (Å²) in [5.41, 5.74) is 4.04. The van der Waals surface area contributed by atoms with Crippen LogP contribution in [0.5, 0.6) is 0 Å². The third-order valence-electron chi connectivity index (χ3n) is 5.72. The molecule has 9 heteroatoms. The number of aryl methyl sites for hydroxylation is 2. The highest BCUT2D eigenvalue weighted by atomic mass is 32.2. The van der Waals surface area contributed by atoms with Gasteiger partial charge in [-0.2, -0.15) is 0 Å². The number of carbonyl (C=O) groups is 2. The fourth-order valence-corrected chi connectivity index (χ4v) is 6.89. The summed E-state index contributed by atoms with van der Waals surface area (Å²) in [6.45, 7) is 5.39. The number of ketones is 1. The van der Waals surface area contributed by atoms with Crippen molar-refractivity contribution < 1.29 is 18.0 Å². The first-order valence-electron chi connectivity index (χ1n) is 10.3. The number of aliphatic imine (C=N–C) groups is 1. The number of nitrogens with one attached hydrogen (secondary N) is 1. The molecule has 1 fully saturated rings. The molecule has 32 heavy (non-hydrogen) atoms. The van der Waals surface area contributed by atoms with Crippen molar-refractivity contribution in [2.24, 2.45) is 4.99 Å². The largest absolute Gasteiger partial charge is 0.325 e. The molecule has 2 heterocycles. The van der Waals surface area contributed by atoms with Crippen LogP contribution < -0.4 is 10.2 Å². The number of Topliss-reactive ketones (excluding diaryl/α,β-unsaturated/α-hetero) is 1. The molecule has 1 N–H and O–H groups in total. The van der Waals surface area contributed by atoms with Gasteiger partial charge < -0.3 is 10.2 Å². The maximum Gasteiger partial charge on any atom is 0.234 e. The number of thioether (sulfide) groups is 1. The number of nitrogens with zero attached hydrogens (tertiary/aromatic N) is 2. The summed E-state index contributed by atoms with van der Waals surface area (Å²) in [6.07, 6.45) is 0. The maximum absolute atomic E-state index is 12.7. The van der Waals surface area contributed by atoms with E-state index in [-0.39, 0.29) is 41.0 Å². The Hall–Kier alpha value is -2.65. The Labute approximate surface area is 192 Å². The highest BCUT2D eigenvalue weighted by Gasteiger charge is 2.47. The molecule has 0 spiro atoms. The number of hydrogen-bond acceptors (Lipinski definition) is 7. The predicted octanol–water partition coefficient (Wildman–Crippen LogP) is 3.22. The lowest BCUT2D eigenvalue weighted by atomic mass is 10.1. The number of rotatable bonds is 5. The summed E-state index contributed by atoms with van der Waals surface area (Å²) in [5, 5.41) is 3.57. The number of amides is 1. The zero-order valence-corrected chi connectivity index (χ0v) is 19.8. The van der Waals surface area contributed by atoms with Crippen LogP contribution in [0.3, 0.4) is 0 Å². The molecule has 2 atom stereocenters. The molecular formula is C23H25N3O4S2. The van der Waals surface area contributed by atoms with Gasteiger partial charge in [0.1, 0.15) is 0 Å². The van der Waals surface area contributed by atoms with Crippen LogP contribution in [-0.2, 0) is 14.6 Å². The first kappa shape index (κ1) is 22.5. The number of anilines is 2. The second-order valence-electron chi connectivity index (χ2n) is 8.20. The lowest BCUT2D eigenvalue weighted by Crippen LogP contribution is -2.39. The summed E-state index contributed by atoms with van der Waals surface area (Å²) < 4.78 is 24.4. The molecule has 2 aliphatic rings. The molecule has 0 radical (unpaired) electrons. The molecule has 0 aliphatic carbocycles. The second-order valence-corrected chi connectivity index (χ2v) is 11.3. The van der Waals surface area contributed by atoms with E-state index >= 15 is 0 Å². The lowest BCUT2D eigenvalue weighted by molar-refractivity contribution is -0.113. The summed E-state index contributed by atoms with van der Waals surface area (Å²) in [6, 6.07) is 12.2. The average Bonchev–Trinajstić information content (AvgIpc) is 3.20. The zero-order chi connectivity index (χ0) is 23.0. The van der Waals surface area contributed by atoms with Gasteiger partial charge in [-0.15, -0.1) is 0 Å². The van der Waals surface area contributed by atoms with Gasteiger partial charge in [-0.1, -0.05) is 42.1 Å². The van der Waals surface area contributed by atoms with E-state index in [4.69, 9.17) is 0 Å². The van der Waals surface area contributed by atoms with Gasteiger partial charge in [0.25, 0.3) is 0 Å². The van der Waals surface area contributed by atoms with Crippen molar-refractivity contribution in [3.8, 4) is 0 Å². The molecule has 4 rings (SSSR count). The fourth-order valence-electron chi connectivity index (χ4n) is 4.13. The van der Waals surface area contributed by atoms with Crippen LogP contribution in [-0.4, -0.2) is 54.6 Å². The summed E-state index contributed by atoms with van der Waals surface area (Å²) in [7, 11) is -3.18. The molecule has 1 saturated heterocycles. The molecule has 7 nitrogen and oxygen atoms in total. The van der Waals surface area contributed by atoms with Gasteiger partial charge in [0, 0.05) is 16.9 Å². The highest BCUT2D eigenvalue weighted by molar-refractivity contribution is 8.14. The first-order chi connectivity index (χ1) is 15.1. The molecule has 0 aromatic heterocycles. The van der Waals surface area contributed by atoms with Gasteiger partial charge in [0.15, 0.2) is 20.8 Å². The Bertz CT molecular complexity index is 1200. The predicted molar refractivity (Wildman–Crippen MR) is 130 cm³/mol. The standard InChI is InChI=1S/C23H25N3O4S2/c1-14-6-4-7-15(2)22(14)25-21(28)11-31-23-24-19-12-32(29,30)13-20(19)26(23)18-9-5-8-17(10-18)16(3)27/h4-10,19-20H,11-13H2,1-3H3,(H,25,28)/t19-,20+/m0/s1. The van der Waals surface area contributed by atoms with Crippen molar-refractivity contribution >= 4 is 49.8 Å². The second kappa shape index (κ2) is 8.71. The van der Waals surface area contributed by atoms with Crippen molar-refractivity contribution in [1.82, 2.24) is 0 Å². The molecule has 2 aliphatic heterocycles. The smallest absolute Gasteiger partial charge is 0.234 e. The minimum atomic E-state index is -3.18. The van der Waals surface area contributed by atoms with Crippen molar-refractivity contribution in [3.05, 3.63) is 59.2 Å². The normalized spacial score (nSPS) is 21.2. The van der Waals surface area contributed by atoms with Crippen LogP contribution in [0.4, 0.5) is 11.4 Å². The number of benzene rings is 2. The monoisotopic (exact) mass is 471 g/mol. The Morgan fingerprint density at radius 1 is 1.12 bits per heavy atom. The Balaban J connectivity index is 1.55. The number of para-hydroxylation sites is 1. The van der Waals surface area contributed by atoms with Crippen LogP contribution in [0.1, 0.15) is 28.4 Å². The van der Waals surface area contributed by atoms with E-state index in [0.717, 1.165) is 16.8 Å². The van der Waals surface area contributed by atoms with E-state index in [9.17, 15) is 18.0 Å². The number of sulfone groups is 1. The van der Waals surface area contributed by atoms with Crippen LogP contribution >= 0.6 is 11.8 Å². The molecule has 168 valence electrons. The quantitative estimate of drug-likeness (QED) is 0.673. The third kappa shape index (κ3) is 4.59. The van der Waals surface area contributed by atoms with E-state index in [1.54, 1.807) is 18.2 Å². The summed E-state index contributed by atoms with van der Waals surface area (Å²) in [5.74, 6) is -0.0802. The molecular weight excluding hydrogens is 446 g/mol. The number of hydrogen-bond donors (Lipinski definition) is 1. The van der Waals surface area contributed by atoms with Gasteiger partial charge in [0.05, 0.1) is 29.3 Å². The molecule has 2 aromatic carbocycles. The maximum atomic E-state index is 12.7. The SMILES string of the molecule is CC(=O)c1cccc(N2C(SCC(=O)Nc3c(C)cccc3C)=N[C@H]3CS(=O)(=O)C[C@H]32)c1. The average molecular weight is 472 g/mol. The number of amidine groups is 1. The van der Waals surface area contributed by atoms with Crippen molar-refractivity contribution in [1.29, 1.82) is 0 Å². The van der Waals surface area contributed by atoms with Gasteiger partial charge in [0.2, 0.25) is 5.91 Å². The highest BCUT2D eigenvalue weighted by Crippen LogP contribution is 2.35. The zero-order valence-electron chi connectivity index (χ0n) is 18.2. The van der Waals surface area contributed by atoms with E-state index in [0.29, 0.717) is 16.4 Å². The molecule has 2 aromatic rings. The molecule has 0 unspecified atom stereocenters. The van der Waals surface area contributed by atoms with E-state index in [1.807, 2.05) is 43.0 Å². The number of carbonyl (C=O) groups excluding carboxylic acids is 2. The van der Waals surface area contributed by atoms with E-state index < -0.39 is 9.84 Å². The van der Waals surface area contributed by atoms with E-state index in [1.165, 1.54) is 18.7 Å². The van der Waals surface area contributed by atoms with Gasteiger partial charge in [-0.25, -0.2) is 8.42 Å². The van der Waals surface area contributed by atoms with Crippen molar-refractivity contribution in [2.75, 3.05) is 27.5 Å². The van der Waals surface area contributed by atoms with Gasteiger partial charge in [-0.3, -0.25) is 14.6 Å². The van der Waals surface area contributed by atoms with E-state index in [2.05, 4.69) is 10.3 Å². The van der Waals surface area contributed by atoms with Crippen molar-refractivity contribution in [3.63, 3.8) is 0 Å². The van der Waals surface area contributed by atoms with Gasteiger partial charge >= 0.3 is 0 Å². The number of fused-ring (bicyclic) bond motifs is 1. The molecule has 1 amide bonds. The van der Waals surface area contributed by atoms with Crippen molar-refractivity contribution in [2.45, 2.75) is 32.9 Å². The Morgan fingerprint density at radius 2 is 1.81 bits per heavy atom. The molecule has 0 saturated carbocycles. The van der Waals surface area contributed by atoms with Crippen LogP contribution in [0, 0.1) is 13.8 Å². The first-order valence-corrected chi connectivity index (χ1v) is 13.1. The minimum absolute atomic E-state index is 0.000767. The topological polar surface area (TPSA) is 95.9 Å². The Kier molecular flexibility index (Phi) is 6.13. The minimum Gasteiger partial charge on any atom is -0.325 e. The Morgan fingerprint density at radius 3 is 2.50 bits per heavy atom. The van der Waals surface area contributed by atoms with Gasteiger partial charge in [-0.05, 0) is 44.0 Å². The lowest BCUT2D eigenvalue weighted by Gasteiger charge is -2.26. The fraction of sp³-hybridized carbons (Fsp3) is 0.348. The van der Waals surface area contributed by atoms with Crippen LogP contribution in [0.15, 0.2) is 47.5 Å².